The van der Waals surface area contributed by atoms with Crippen LogP contribution in [0.25, 0.3) is 0 Å². The van der Waals surface area contributed by atoms with Crippen molar-refractivity contribution in [1.82, 2.24) is 0 Å². The van der Waals surface area contributed by atoms with E-state index < -0.39 is 0 Å². The normalized spacial score (nSPS) is 9.75. The van der Waals surface area contributed by atoms with Gasteiger partial charge in [0.05, 0.1) is 4.61 Å². The lowest BCUT2D eigenvalue weighted by Crippen LogP contribution is -1.66. The van der Waals surface area contributed by atoms with E-state index in [0.29, 0.717) is 4.61 Å². The van der Waals surface area contributed by atoms with Gasteiger partial charge in [-0.25, -0.2) is 4.99 Å². The van der Waals surface area contributed by atoms with Crippen LogP contribution in [-0.4, -0.2) is 6.21 Å². The maximum Gasteiger partial charge on any atom is 0.0984 e. The minimum absolute atomic E-state index is 0.595. The molecular weight excluding hydrogens is 234 g/mol. The van der Waals surface area contributed by atoms with Crippen molar-refractivity contribution in [2.75, 3.05) is 0 Å². The van der Waals surface area contributed by atoms with Gasteiger partial charge in [-0.1, -0.05) is 13.2 Å². The Morgan fingerprint density at radius 2 is 1.88 bits per heavy atom. The molecule has 0 N–H and O–H groups in total. The lowest BCUT2D eigenvalue weighted by atomic mass is 10.7. The third-order valence-corrected chi connectivity index (χ3v) is 0.754. The lowest BCUT2D eigenvalue weighted by molar-refractivity contribution is 1.59. The summed E-state index contributed by atoms with van der Waals surface area (Å²) in [5.41, 5.74) is 0. The molecule has 0 aliphatic heterocycles. The summed E-state index contributed by atoms with van der Waals surface area (Å²) in [4.78, 5) is 3.77. The van der Waals surface area contributed by atoms with Crippen molar-refractivity contribution in [3.63, 3.8) is 0 Å². The van der Waals surface area contributed by atoms with Crippen LogP contribution in [0.5, 0.6) is 0 Å². The zero-order valence-electron chi connectivity index (χ0n) is 4.19. The van der Waals surface area contributed by atoms with Gasteiger partial charge in [-0.05, 0) is 31.9 Å². The van der Waals surface area contributed by atoms with Gasteiger partial charge in [0.15, 0.2) is 0 Å². The lowest BCUT2D eigenvalue weighted by Gasteiger charge is -1.80. The summed E-state index contributed by atoms with van der Waals surface area (Å²) in [6.07, 6.45) is 1.57. The summed E-state index contributed by atoms with van der Waals surface area (Å²) in [6, 6.07) is 0. The Labute approximate surface area is 65.5 Å². The topological polar surface area (TPSA) is 12.4 Å². The molecule has 0 radical (unpaired) electrons. The van der Waals surface area contributed by atoms with E-state index in [1.165, 1.54) is 0 Å². The number of rotatable bonds is 2. The molecule has 1 nitrogen and oxygen atoms in total. The largest absolute Gasteiger partial charge is 0.249 e. The molecule has 0 fully saturated rings. The van der Waals surface area contributed by atoms with E-state index in [4.69, 9.17) is 0 Å². The van der Waals surface area contributed by atoms with Gasteiger partial charge < -0.3 is 0 Å². The number of aliphatic imine (C=N–C) groups is 1. The fourth-order valence-electron chi connectivity index (χ4n) is 0.140. The van der Waals surface area contributed by atoms with E-state index in [9.17, 15) is 0 Å². The van der Waals surface area contributed by atoms with Gasteiger partial charge >= 0.3 is 0 Å². The van der Waals surface area contributed by atoms with Crippen LogP contribution in [0.15, 0.2) is 27.2 Å². The standard InChI is InChI=1S/C5H5Br2N/c1-4(6)3-8-5(2)7/h3H,1-2H2/b8-3-. The Morgan fingerprint density at radius 3 is 2.00 bits per heavy atom. The molecule has 0 amide bonds. The van der Waals surface area contributed by atoms with E-state index in [0.717, 1.165) is 4.48 Å². The van der Waals surface area contributed by atoms with Crippen molar-refractivity contribution in [2.45, 2.75) is 0 Å². The molecule has 0 aliphatic rings. The average Bonchev–Trinajstić information content (AvgIpc) is 1.61. The van der Waals surface area contributed by atoms with Gasteiger partial charge in [-0.15, -0.1) is 0 Å². The summed E-state index contributed by atoms with van der Waals surface area (Å²) < 4.78 is 1.33. The third-order valence-electron chi connectivity index (χ3n) is 0.345. The first-order valence-corrected chi connectivity index (χ1v) is 3.44. The zero-order chi connectivity index (χ0) is 6.57. The fraction of sp³-hybridized carbons (Fsp3) is 0. The highest BCUT2D eigenvalue weighted by Crippen LogP contribution is 2.03. The second-order valence-electron chi connectivity index (χ2n) is 1.08. The number of hydrogen-bond donors (Lipinski definition) is 0. The smallest absolute Gasteiger partial charge is 0.0984 e. The van der Waals surface area contributed by atoms with E-state index >= 15 is 0 Å². The van der Waals surface area contributed by atoms with Crippen LogP contribution in [0, 0.1) is 0 Å². The predicted molar refractivity (Wildman–Crippen MR) is 44.6 cm³/mol. The first-order chi connectivity index (χ1) is 3.63. The molecule has 44 valence electrons. The number of hydrogen-bond acceptors (Lipinski definition) is 1. The number of nitrogens with zero attached hydrogens (tertiary/aromatic N) is 1. The van der Waals surface area contributed by atoms with Gasteiger partial charge in [0.2, 0.25) is 0 Å². The van der Waals surface area contributed by atoms with E-state index in [2.05, 4.69) is 50.0 Å². The van der Waals surface area contributed by atoms with Gasteiger partial charge in [0, 0.05) is 10.7 Å². The minimum atomic E-state index is 0.595. The molecule has 0 saturated heterocycles. The van der Waals surface area contributed by atoms with E-state index in [-0.39, 0.29) is 0 Å². The van der Waals surface area contributed by atoms with Crippen LogP contribution < -0.4 is 0 Å². The third kappa shape index (κ3) is 6.11. The van der Waals surface area contributed by atoms with Crippen LogP contribution in [0.2, 0.25) is 0 Å². The molecule has 0 aromatic heterocycles. The second kappa shape index (κ2) is 4.04. The van der Waals surface area contributed by atoms with Crippen molar-refractivity contribution < 1.29 is 0 Å². The summed E-state index contributed by atoms with van der Waals surface area (Å²) in [5.74, 6) is 0. The van der Waals surface area contributed by atoms with E-state index in [1.54, 1.807) is 6.21 Å². The van der Waals surface area contributed by atoms with Crippen LogP contribution >= 0.6 is 31.9 Å². The summed E-state index contributed by atoms with van der Waals surface area (Å²) in [7, 11) is 0. The molecule has 0 heterocycles. The Balaban J connectivity index is 3.67. The molecule has 0 aliphatic carbocycles. The molecule has 0 rings (SSSR count). The Kier molecular flexibility index (Phi) is 4.09. The molecule has 8 heavy (non-hydrogen) atoms. The van der Waals surface area contributed by atoms with Crippen molar-refractivity contribution in [3.8, 4) is 0 Å². The zero-order valence-corrected chi connectivity index (χ0v) is 7.37. The SMILES string of the molecule is C=C(Br)/C=N\C(=C)Br. The van der Waals surface area contributed by atoms with Crippen LogP contribution in [0.1, 0.15) is 0 Å². The first kappa shape index (κ1) is 8.11. The number of halogens is 2. The summed E-state index contributed by atoms with van der Waals surface area (Å²) >= 11 is 6.15. The molecular formula is C5H5Br2N. The monoisotopic (exact) mass is 237 g/mol. The average molecular weight is 239 g/mol. The van der Waals surface area contributed by atoms with Crippen molar-refractivity contribution in [3.05, 3.63) is 22.2 Å². The van der Waals surface area contributed by atoms with Gasteiger partial charge in [0.1, 0.15) is 0 Å². The fourth-order valence-corrected chi connectivity index (χ4v) is 0.345. The predicted octanol–water partition coefficient (Wildman–Crippen LogP) is 2.83. The summed E-state index contributed by atoms with van der Waals surface area (Å²) in [6.45, 7) is 7.02. The minimum Gasteiger partial charge on any atom is -0.249 e. The molecule has 0 atom stereocenters. The van der Waals surface area contributed by atoms with Crippen molar-refractivity contribution >= 4 is 38.1 Å². The Hall–Kier alpha value is 0.110. The van der Waals surface area contributed by atoms with Crippen LogP contribution in [0.3, 0.4) is 0 Å². The highest BCUT2D eigenvalue weighted by Gasteiger charge is 1.77. The molecule has 3 heteroatoms. The quantitative estimate of drug-likeness (QED) is 0.518. The van der Waals surface area contributed by atoms with E-state index in [1.807, 2.05) is 0 Å². The maximum atomic E-state index is 3.77. The van der Waals surface area contributed by atoms with Crippen molar-refractivity contribution in [2.24, 2.45) is 4.99 Å². The highest BCUT2D eigenvalue weighted by atomic mass is 79.9. The number of allylic oxidation sites excluding steroid dienone is 1. The first-order valence-electron chi connectivity index (χ1n) is 1.86. The Bertz CT molecular complexity index is 121. The molecule has 0 aromatic carbocycles. The molecule has 0 saturated carbocycles. The summed E-state index contributed by atoms with van der Waals surface area (Å²) in [5, 5.41) is 0. The molecule has 0 spiro atoms. The molecule has 0 unspecified atom stereocenters. The van der Waals surface area contributed by atoms with Gasteiger partial charge in [0.25, 0.3) is 0 Å². The highest BCUT2D eigenvalue weighted by molar-refractivity contribution is 9.12. The van der Waals surface area contributed by atoms with Crippen LogP contribution in [-0.2, 0) is 0 Å². The van der Waals surface area contributed by atoms with Gasteiger partial charge in [-0.3, -0.25) is 0 Å². The van der Waals surface area contributed by atoms with Crippen LogP contribution in [0.4, 0.5) is 0 Å². The Morgan fingerprint density at radius 1 is 1.38 bits per heavy atom. The molecule has 0 bridgehead atoms. The van der Waals surface area contributed by atoms with Crippen molar-refractivity contribution in [1.29, 1.82) is 0 Å². The second-order valence-corrected chi connectivity index (χ2v) is 3.02. The van der Waals surface area contributed by atoms with Gasteiger partial charge in [-0.2, -0.15) is 0 Å². The molecule has 0 aromatic rings. The maximum absolute atomic E-state index is 3.77.